The van der Waals surface area contributed by atoms with Gasteiger partial charge in [-0.2, -0.15) is 0 Å². The minimum absolute atomic E-state index is 0.0452. The van der Waals surface area contributed by atoms with E-state index in [1.807, 2.05) is 37.3 Å². The molecular weight excluding hydrogens is 458 g/mol. The van der Waals surface area contributed by atoms with Crippen molar-refractivity contribution >= 4 is 39.1 Å². The number of amides is 1. The van der Waals surface area contributed by atoms with Crippen LogP contribution in [0.25, 0.3) is 5.76 Å². The number of hydrogen-bond acceptors (Lipinski definition) is 4. The second-order valence-corrected chi connectivity index (χ2v) is 8.07. The highest BCUT2D eigenvalue weighted by atomic mass is 79.9. The van der Waals surface area contributed by atoms with Gasteiger partial charge in [0.05, 0.1) is 24.4 Å². The Hall–Kier alpha value is -3.38. The molecule has 3 aromatic rings. The number of nitrogens with zero attached hydrogens (tertiary/aromatic N) is 1. The number of Topliss-reactive ketones (excluding diaryl/α,β-unsaturated/α-hetero) is 1. The minimum atomic E-state index is -0.790. The zero-order valence-electron chi connectivity index (χ0n) is 17.0. The topological polar surface area (TPSA) is 66.8 Å². The van der Waals surface area contributed by atoms with E-state index in [2.05, 4.69) is 15.9 Å². The van der Waals surface area contributed by atoms with E-state index >= 15 is 0 Å². The second-order valence-electron chi connectivity index (χ2n) is 7.22. The summed E-state index contributed by atoms with van der Waals surface area (Å²) in [6.07, 6.45) is 0. The summed E-state index contributed by atoms with van der Waals surface area (Å²) in [6.45, 7) is 1.89. The lowest BCUT2D eigenvalue weighted by molar-refractivity contribution is -0.132. The van der Waals surface area contributed by atoms with Crippen molar-refractivity contribution in [2.75, 3.05) is 12.0 Å². The summed E-state index contributed by atoms with van der Waals surface area (Å²) in [4.78, 5) is 27.8. The largest absolute Gasteiger partial charge is 0.507 e. The van der Waals surface area contributed by atoms with E-state index in [1.54, 1.807) is 42.5 Å². The summed E-state index contributed by atoms with van der Waals surface area (Å²) < 4.78 is 6.33. The fourth-order valence-corrected chi connectivity index (χ4v) is 4.05. The van der Waals surface area contributed by atoms with Crippen LogP contribution in [0.2, 0.25) is 0 Å². The first-order chi connectivity index (χ1) is 14.9. The lowest BCUT2D eigenvalue weighted by Gasteiger charge is -2.26. The standard InChI is InChI=1S/C25H20BrNO4/c1-15-14-17(12-13-18(15)26)23(28)21-22(16-8-4-3-5-9-16)27(25(30)24(21)29)19-10-6-7-11-20(19)31-2/h3-14,22,28H,1-2H3/b23-21-. The number of carbonyl (C=O) groups is 2. The lowest BCUT2D eigenvalue weighted by atomic mass is 9.94. The van der Waals surface area contributed by atoms with Crippen molar-refractivity contribution in [2.24, 2.45) is 0 Å². The summed E-state index contributed by atoms with van der Waals surface area (Å²) in [5, 5.41) is 11.2. The fourth-order valence-electron chi connectivity index (χ4n) is 3.81. The molecule has 4 rings (SSSR count). The molecule has 3 aromatic carbocycles. The van der Waals surface area contributed by atoms with Crippen LogP contribution < -0.4 is 9.64 Å². The predicted octanol–water partition coefficient (Wildman–Crippen LogP) is 5.39. The molecule has 1 N–H and O–H groups in total. The first-order valence-electron chi connectivity index (χ1n) is 9.69. The van der Waals surface area contributed by atoms with Gasteiger partial charge < -0.3 is 9.84 Å². The average molecular weight is 478 g/mol. The Morgan fingerprint density at radius 3 is 2.35 bits per heavy atom. The maximum absolute atomic E-state index is 13.2. The Labute approximate surface area is 188 Å². The molecule has 0 spiro atoms. The molecule has 1 aliphatic heterocycles. The number of anilines is 1. The van der Waals surface area contributed by atoms with Crippen LogP contribution >= 0.6 is 15.9 Å². The van der Waals surface area contributed by atoms with Crippen molar-refractivity contribution in [1.29, 1.82) is 0 Å². The SMILES string of the molecule is COc1ccccc1N1C(=O)C(=O)/C(=C(\O)c2ccc(Br)c(C)c2)C1c1ccccc1. The van der Waals surface area contributed by atoms with Gasteiger partial charge in [0, 0.05) is 10.0 Å². The Morgan fingerprint density at radius 2 is 1.68 bits per heavy atom. The summed E-state index contributed by atoms with van der Waals surface area (Å²) in [5.74, 6) is -1.20. The maximum Gasteiger partial charge on any atom is 0.300 e. The summed E-state index contributed by atoms with van der Waals surface area (Å²) in [5.41, 5.74) is 2.60. The van der Waals surface area contributed by atoms with Gasteiger partial charge in [0.1, 0.15) is 11.5 Å². The quantitative estimate of drug-likeness (QED) is 0.310. The minimum Gasteiger partial charge on any atom is -0.507 e. The molecule has 0 radical (unpaired) electrons. The fraction of sp³-hybridized carbons (Fsp3) is 0.120. The van der Waals surface area contributed by atoms with Crippen LogP contribution in [-0.2, 0) is 9.59 Å². The van der Waals surface area contributed by atoms with Gasteiger partial charge in [0.25, 0.3) is 11.7 Å². The Bertz CT molecular complexity index is 1200. The molecular formula is C25H20BrNO4. The smallest absolute Gasteiger partial charge is 0.300 e. The molecule has 156 valence electrons. The summed E-state index contributed by atoms with van der Waals surface area (Å²) in [6, 6.07) is 20.7. The van der Waals surface area contributed by atoms with Crippen LogP contribution in [0, 0.1) is 6.92 Å². The molecule has 1 aliphatic rings. The van der Waals surface area contributed by atoms with Crippen molar-refractivity contribution in [2.45, 2.75) is 13.0 Å². The number of aryl methyl sites for hydroxylation is 1. The van der Waals surface area contributed by atoms with Gasteiger partial charge >= 0.3 is 0 Å². The Balaban J connectivity index is 1.97. The van der Waals surface area contributed by atoms with Gasteiger partial charge in [-0.15, -0.1) is 0 Å². The third-order valence-corrected chi connectivity index (χ3v) is 6.23. The first-order valence-corrected chi connectivity index (χ1v) is 10.5. The van der Waals surface area contributed by atoms with Crippen LogP contribution in [0.5, 0.6) is 5.75 Å². The molecule has 1 heterocycles. The van der Waals surface area contributed by atoms with Gasteiger partial charge in [-0.25, -0.2) is 0 Å². The monoisotopic (exact) mass is 477 g/mol. The van der Waals surface area contributed by atoms with Crippen molar-refractivity contribution in [3.63, 3.8) is 0 Å². The highest BCUT2D eigenvalue weighted by molar-refractivity contribution is 9.10. The normalized spacial score (nSPS) is 17.8. The molecule has 1 unspecified atom stereocenters. The summed E-state index contributed by atoms with van der Waals surface area (Å²) in [7, 11) is 1.51. The van der Waals surface area contributed by atoms with Gasteiger partial charge in [0.15, 0.2) is 0 Å². The van der Waals surface area contributed by atoms with Gasteiger partial charge in [0.2, 0.25) is 0 Å². The maximum atomic E-state index is 13.2. The number of aliphatic hydroxyl groups is 1. The molecule has 1 amide bonds. The average Bonchev–Trinajstić information content (AvgIpc) is 3.06. The van der Waals surface area contributed by atoms with E-state index < -0.39 is 17.7 Å². The van der Waals surface area contributed by atoms with E-state index in [4.69, 9.17) is 4.74 Å². The number of para-hydroxylation sites is 2. The molecule has 31 heavy (non-hydrogen) atoms. The highest BCUT2D eigenvalue weighted by Gasteiger charge is 2.47. The van der Waals surface area contributed by atoms with Gasteiger partial charge in [-0.05, 0) is 42.3 Å². The number of hydrogen-bond donors (Lipinski definition) is 1. The molecule has 1 saturated heterocycles. The summed E-state index contributed by atoms with van der Waals surface area (Å²) >= 11 is 3.45. The van der Waals surface area contributed by atoms with E-state index in [-0.39, 0.29) is 11.3 Å². The van der Waals surface area contributed by atoms with Crippen LogP contribution in [-0.4, -0.2) is 23.9 Å². The molecule has 0 aromatic heterocycles. The number of carbonyl (C=O) groups excluding carboxylic acids is 2. The number of ketones is 1. The van der Waals surface area contributed by atoms with E-state index in [0.717, 1.165) is 10.0 Å². The third kappa shape index (κ3) is 3.64. The van der Waals surface area contributed by atoms with E-state index in [9.17, 15) is 14.7 Å². The lowest BCUT2D eigenvalue weighted by Crippen LogP contribution is -2.29. The molecule has 0 saturated carbocycles. The van der Waals surface area contributed by atoms with E-state index in [0.29, 0.717) is 22.6 Å². The molecule has 0 aliphatic carbocycles. The highest BCUT2D eigenvalue weighted by Crippen LogP contribution is 2.44. The zero-order chi connectivity index (χ0) is 22.1. The Morgan fingerprint density at radius 1 is 1.00 bits per heavy atom. The van der Waals surface area contributed by atoms with E-state index in [1.165, 1.54) is 12.0 Å². The van der Waals surface area contributed by atoms with Crippen molar-refractivity contribution in [1.82, 2.24) is 0 Å². The van der Waals surface area contributed by atoms with Crippen molar-refractivity contribution in [3.8, 4) is 5.75 Å². The number of aliphatic hydroxyl groups excluding tert-OH is 1. The molecule has 0 bridgehead atoms. The first kappa shape index (κ1) is 20.9. The molecule has 1 atom stereocenters. The number of benzene rings is 3. The molecule has 5 nitrogen and oxygen atoms in total. The van der Waals surface area contributed by atoms with Crippen LogP contribution in [0.3, 0.4) is 0 Å². The van der Waals surface area contributed by atoms with Crippen molar-refractivity contribution in [3.05, 3.63) is 99.5 Å². The second kappa shape index (κ2) is 8.40. The zero-order valence-corrected chi connectivity index (χ0v) is 18.6. The van der Waals surface area contributed by atoms with Crippen LogP contribution in [0.4, 0.5) is 5.69 Å². The number of methoxy groups -OCH3 is 1. The van der Waals surface area contributed by atoms with Crippen molar-refractivity contribution < 1.29 is 19.4 Å². The molecule has 1 fully saturated rings. The number of ether oxygens (including phenoxy) is 1. The van der Waals surface area contributed by atoms with Gasteiger partial charge in [-0.1, -0.05) is 64.5 Å². The number of halogens is 1. The van der Waals surface area contributed by atoms with Crippen LogP contribution in [0.1, 0.15) is 22.7 Å². The molecule has 6 heteroatoms. The Kier molecular flexibility index (Phi) is 5.65. The third-order valence-electron chi connectivity index (χ3n) is 5.34. The van der Waals surface area contributed by atoms with Crippen LogP contribution in [0.15, 0.2) is 82.8 Å². The number of rotatable bonds is 4. The predicted molar refractivity (Wildman–Crippen MR) is 123 cm³/mol. The van der Waals surface area contributed by atoms with Gasteiger partial charge in [-0.3, -0.25) is 14.5 Å².